The summed E-state index contributed by atoms with van der Waals surface area (Å²) in [5.74, 6) is -0.280. The Kier molecular flexibility index (Phi) is 5.93. The number of alkyl halides is 3. The van der Waals surface area contributed by atoms with Crippen molar-refractivity contribution in [1.29, 1.82) is 0 Å². The minimum Gasteiger partial charge on any atom is -0.399 e. The second-order valence-electron chi connectivity index (χ2n) is 6.87. The molecule has 5 nitrogen and oxygen atoms in total. The second-order valence-corrected chi connectivity index (χ2v) is 6.87. The first-order valence-corrected chi connectivity index (χ1v) is 9.04. The summed E-state index contributed by atoms with van der Waals surface area (Å²) in [6, 6.07) is 10.1. The van der Waals surface area contributed by atoms with Crippen molar-refractivity contribution in [1.82, 2.24) is 4.90 Å². The normalized spacial score (nSPS) is 18.3. The van der Waals surface area contributed by atoms with Crippen LogP contribution in [0.2, 0.25) is 0 Å². The third kappa shape index (κ3) is 4.27. The predicted octanol–water partition coefficient (Wildman–Crippen LogP) is 3.89. The maximum Gasteiger partial charge on any atom is 0.416 e. The van der Waals surface area contributed by atoms with Crippen LogP contribution < -0.4 is 0 Å². The minimum absolute atomic E-state index is 0.138. The summed E-state index contributed by atoms with van der Waals surface area (Å²) >= 11 is 0. The van der Waals surface area contributed by atoms with Crippen LogP contribution in [0.25, 0.3) is 11.1 Å². The molecule has 0 radical (unpaired) electrons. The van der Waals surface area contributed by atoms with Gasteiger partial charge >= 0.3 is 6.18 Å². The minimum atomic E-state index is -4.42. The number of hydrogen-bond donors (Lipinski definition) is 1. The Labute approximate surface area is 166 Å². The molecule has 0 spiro atoms. The van der Waals surface area contributed by atoms with E-state index in [4.69, 9.17) is 4.84 Å². The molecule has 0 saturated carbocycles. The van der Waals surface area contributed by atoms with Gasteiger partial charge in [0.25, 0.3) is 5.91 Å². The SMILES string of the molecule is CO/N=C1/C[C@@H](CO)N(C(=O)c2ccc(-c3cccc(C(F)(F)F)c3C)cc2)C1. The van der Waals surface area contributed by atoms with Crippen molar-refractivity contribution >= 4 is 11.6 Å². The largest absolute Gasteiger partial charge is 0.416 e. The molecule has 1 N–H and O–H groups in total. The van der Waals surface area contributed by atoms with E-state index in [1.165, 1.54) is 25.0 Å². The van der Waals surface area contributed by atoms with Gasteiger partial charge in [0.15, 0.2) is 0 Å². The maximum atomic E-state index is 13.2. The molecule has 1 atom stereocenters. The van der Waals surface area contributed by atoms with Gasteiger partial charge in [0.2, 0.25) is 0 Å². The van der Waals surface area contributed by atoms with Gasteiger partial charge in [-0.3, -0.25) is 4.79 Å². The molecule has 1 amide bonds. The molecule has 8 heteroatoms. The number of oxime groups is 1. The van der Waals surface area contributed by atoms with E-state index < -0.39 is 11.7 Å². The summed E-state index contributed by atoms with van der Waals surface area (Å²) in [6.45, 7) is 1.49. The number of likely N-dealkylation sites (tertiary alicyclic amines) is 1. The molecule has 2 aromatic rings. The van der Waals surface area contributed by atoms with Crippen LogP contribution in [-0.2, 0) is 11.0 Å². The molecule has 0 aliphatic carbocycles. The zero-order valence-electron chi connectivity index (χ0n) is 16.0. The molecular formula is C21H21F3N2O3. The Hall–Kier alpha value is -2.87. The van der Waals surface area contributed by atoms with Crippen LogP contribution >= 0.6 is 0 Å². The summed E-state index contributed by atoms with van der Waals surface area (Å²) in [7, 11) is 1.42. The van der Waals surface area contributed by atoms with Crippen LogP contribution in [0.15, 0.2) is 47.6 Å². The van der Waals surface area contributed by atoms with E-state index in [1.807, 2.05) is 0 Å². The summed E-state index contributed by atoms with van der Waals surface area (Å²) < 4.78 is 39.5. The Morgan fingerprint density at radius 3 is 2.52 bits per heavy atom. The highest BCUT2D eigenvalue weighted by Gasteiger charge is 2.34. The van der Waals surface area contributed by atoms with Crippen molar-refractivity contribution in [3.8, 4) is 11.1 Å². The highest BCUT2D eigenvalue weighted by molar-refractivity contribution is 6.00. The van der Waals surface area contributed by atoms with Gasteiger partial charge in [-0.25, -0.2) is 0 Å². The van der Waals surface area contributed by atoms with Crippen molar-refractivity contribution in [2.75, 3.05) is 20.3 Å². The monoisotopic (exact) mass is 406 g/mol. The van der Waals surface area contributed by atoms with E-state index in [0.29, 0.717) is 28.8 Å². The number of benzene rings is 2. The molecule has 3 rings (SSSR count). The first kappa shape index (κ1) is 20.9. The number of rotatable bonds is 4. The average Bonchev–Trinajstić information content (AvgIpc) is 3.10. The molecular weight excluding hydrogens is 385 g/mol. The molecule has 154 valence electrons. The number of halogens is 3. The zero-order chi connectivity index (χ0) is 21.2. The Morgan fingerprint density at radius 1 is 1.24 bits per heavy atom. The summed E-state index contributed by atoms with van der Waals surface area (Å²) in [6.07, 6.45) is -4.00. The molecule has 1 aliphatic rings. The number of aliphatic hydroxyl groups is 1. The van der Waals surface area contributed by atoms with Gasteiger partial charge in [0.05, 0.1) is 30.5 Å². The molecule has 1 saturated heterocycles. The van der Waals surface area contributed by atoms with Crippen LogP contribution in [-0.4, -0.2) is 47.9 Å². The number of nitrogens with zero attached hydrogens (tertiary/aromatic N) is 2. The van der Waals surface area contributed by atoms with Crippen LogP contribution in [0.5, 0.6) is 0 Å². The van der Waals surface area contributed by atoms with Gasteiger partial charge in [-0.05, 0) is 41.8 Å². The molecule has 2 aromatic carbocycles. The van der Waals surface area contributed by atoms with Gasteiger partial charge in [0, 0.05) is 12.0 Å². The number of carbonyl (C=O) groups excluding carboxylic acids is 1. The smallest absolute Gasteiger partial charge is 0.399 e. The lowest BCUT2D eigenvalue weighted by Gasteiger charge is -2.22. The van der Waals surface area contributed by atoms with Crippen molar-refractivity contribution in [3.05, 3.63) is 59.2 Å². The van der Waals surface area contributed by atoms with E-state index >= 15 is 0 Å². The van der Waals surface area contributed by atoms with Crippen LogP contribution in [0.1, 0.15) is 27.9 Å². The Balaban J connectivity index is 1.86. The summed E-state index contributed by atoms with van der Waals surface area (Å²) in [5, 5.41) is 13.4. The van der Waals surface area contributed by atoms with Gasteiger partial charge in [-0.1, -0.05) is 29.4 Å². The second kappa shape index (κ2) is 8.24. The Bertz CT molecular complexity index is 924. The predicted molar refractivity (Wildman–Crippen MR) is 103 cm³/mol. The topological polar surface area (TPSA) is 62.1 Å². The third-order valence-corrected chi connectivity index (χ3v) is 5.04. The molecule has 1 aliphatic heterocycles. The quantitative estimate of drug-likeness (QED) is 0.784. The highest BCUT2D eigenvalue weighted by atomic mass is 19.4. The highest BCUT2D eigenvalue weighted by Crippen LogP contribution is 2.36. The van der Waals surface area contributed by atoms with E-state index in [1.54, 1.807) is 30.3 Å². The molecule has 0 aromatic heterocycles. The van der Waals surface area contributed by atoms with Gasteiger partial charge in [-0.2, -0.15) is 13.2 Å². The van der Waals surface area contributed by atoms with Crippen LogP contribution in [0.4, 0.5) is 13.2 Å². The average molecular weight is 406 g/mol. The first-order chi connectivity index (χ1) is 13.8. The summed E-state index contributed by atoms with van der Waals surface area (Å²) in [4.78, 5) is 19.1. The molecule has 1 heterocycles. The standard InChI is InChI=1S/C21H21F3N2O3/c1-13-18(4-3-5-19(13)21(22,23)24)14-6-8-15(9-7-14)20(28)26-11-16(25-29-2)10-17(26)12-27/h3-9,17,27H,10-12H2,1-2H3/b25-16-/t17-/m0/s1. The zero-order valence-corrected chi connectivity index (χ0v) is 16.0. The fourth-order valence-corrected chi connectivity index (χ4v) is 3.58. The number of aliphatic hydroxyl groups excluding tert-OH is 1. The van der Waals surface area contributed by atoms with Crippen LogP contribution in [0.3, 0.4) is 0 Å². The van der Waals surface area contributed by atoms with E-state index in [-0.39, 0.29) is 30.7 Å². The third-order valence-electron chi connectivity index (χ3n) is 5.04. The van der Waals surface area contributed by atoms with Gasteiger partial charge in [-0.15, -0.1) is 0 Å². The lowest BCUT2D eigenvalue weighted by molar-refractivity contribution is -0.138. The summed E-state index contributed by atoms with van der Waals surface area (Å²) in [5.41, 5.74) is 1.56. The lowest BCUT2D eigenvalue weighted by Crippen LogP contribution is -2.37. The molecule has 1 fully saturated rings. The number of carbonyl (C=O) groups is 1. The van der Waals surface area contributed by atoms with E-state index in [2.05, 4.69) is 5.16 Å². The Morgan fingerprint density at radius 2 is 1.93 bits per heavy atom. The lowest BCUT2D eigenvalue weighted by atomic mass is 9.95. The van der Waals surface area contributed by atoms with E-state index in [0.717, 1.165) is 6.07 Å². The molecule has 0 unspecified atom stereocenters. The maximum absolute atomic E-state index is 13.2. The van der Waals surface area contributed by atoms with Crippen molar-refractivity contribution in [2.45, 2.75) is 25.6 Å². The number of hydrogen-bond acceptors (Lipinski definition) is 4. The number of amides is 1. The van der Waals surface area contributed by atoms with Crippen molar-refractivity contribution < 1.29 is 27.9 Å². The van der Waals surface area contributed by atoms with Gasteiger partial charge < -0.3 is 14.8 Å². The molecule has 0 bridgehead atoms. The van der Waals surface area contributed by atoms with Crippen LogP contribution in [0, 0.1) is 6.92 Å². The molecule has 29 heavy (non-hydrogen) atoms. The van der Waals surface area contributed by atoms with Crippen molar-refractivity contribution in [3.63, 3.8) is 0 Å². The van der Waals surface area contributed by atoms with Crippen molar-refractivity contribution in [2.24, 2.45) is 5.16 Å². The van der Waals surface area contributed by atoms with Gasteiger partial charge in [0.1, 0.15) is 7.11 Å². The fraction of sp³-hybridized carbons (Fsp3) is 0.333. The fourth-order valence-electron chi connectivity index (χ4n) is 3.58. The van der Waals surface area contributed by atoms with E-state index in [9.17, 15) is 23.1 Å². The first-order valence-electron chi connectivity index (χ1n) is 9.04.